The molecule has 1 aliphatic rings. The minimum Gasteiger partial charge on any atom is -0.491 e. The Balaban J connectivity index is 1.34. The number of carbonyl (C=O) groups excluding carboxylic acids is 2. The Morgan fingerprint density at radius 1 is 0.927 bits per heavy atom. The Morgan fingerprint density at radius 2 is 1.51 bits per heavy atom. The van der Waals surface area contributed by atoms with E-state index in [9.17, 15) is 9.59 Å². The summed E-state index contributed by atoms with van der Waals surface area (Å²) in [6.07, 6.45) is -0.179. The smallest absolute Gasteiger partial charge is 0.251 e. The zero-order chi connectivity index (χ0) is 29.8. The van der Waals surface area contributed by atoms with Gasteiger partial charge >= 0.3 is 0 Å². The molecule has 1 saturated carbocycles. The predicted molar refractivity (Wildman–Crippen MR) is 157 cm³/mol. The number of hydrogen-bond acceptors (Lipinski definition) is 6. The van der Waals surface area contributed by atoms with Crippen molar-refractivity contribution in [2.24, 2.45) is 16.6 Å². The summed E-state index contributed by atoms with van der Waals surface area (Å²) in [5.74, 6) is 0.612. The van der Waals surface area contributed by atoms with E-state index < -0.39 is 5.91 Å². The minimum atomic E-state index is -0.515. The summed E-state index contributed by atoms with van der Waals surface area (Å²) >= 11 is 6.19. The molecule has 3 aromatic rings. The number of nitrogens with one attached hydrogen (secondary N) is 1. The molecular weight excluding hydrogens is 542 g/mol. The molecule has 4 rings (SSSR count). The highest BCUT2D eigenvalue weighted by molar-refractivity contribution is 6.31. The number of nitriles is 1. The van der Waals surface area contributed by atoms with Gasteiger partial charge in [-0.15, -0.1) is 0 Å². The van der Waals surface area contributed by atoms with Gasteiger partial charge in [-0.2, -0.15) is 5.26 Å². The maximum absolute atomic E-state index is 13.2. The third-order valence-electron chi connectivity index (χ3n) is 7.51. The van der Waals surface area contributed by atoms with Gasteiger partial charge in [-0.1, -0.05) is 63.6 Å². The van der Waals surface area contributed by atoms with E-state index in [0.29, 0.717) is 34.3 Å². The van der Waals surface area contributed by atoms with Crippen LogP contribution in [0.15, 0.2) is 66.7 Å². The molecule has 9 heteroatoms. The van der Waals surface area contributed by atoms with Crippen LogP contribution in [0.1, 0.15) is 43.6 Å². The van der Waals surface area contributed by atoms with Crippen LogP contribution in [0.25, 0.3) is 11.1 Å². The number of ether oxygens (including phenoxy) is 3. The number of carbonyl (C=O) groups is 2. The number of nitrogens with two attached hydrogens (primary N) is 1. The fourth-order valence-corrected chi connectivity index (χ4v) is 5.97. The number of nitrogens with zero attached hydrogens (tertiary/aromatic N) is 1. The topological polar surface area (TPSA) is 124 Å². The SMILES string of the molecule is CC1(C)[C@H](NC(=O)c2ccc(-c3ccc(OCCOCC(N)=O)cc3)cc2)C(C)(C)[C@H]1Oc1ccc(C#N)c(Cl)c1. The molecule has 0 unspecified atom stereocenters. The summed E-state index contributed by atoms with van der Waals surface area (Å²) in [6, 6.07) is 22.0. The first kappa shape index (κ1) is 29.9. The lowest BCUT2D eigenvalue weighted by Gasteiger charge is -2.63. The van der Waals surface area contributed by atoms with Crippen LogP contribution in [-0.2, 0) is 9.53 Å². The normalized spacial score (nSPS) is 18.4. The molecule has 3 N–H and O–H groups in total. The summed E-state index contributed by atoms with van der Waals surface area (Å²) in [5.41, 5.74) is 7.25. The summed E-state index contributed by atoms with van der Waals surface area (Å²) < 4.78 is 17.0. The highest BCUT2D eigenvalue weighted by Gasteiger charge is 2.64. The van der Waals surface area contributed by atoms with Gasteiger partial charge in [-0.05, 0) is 47.5 Å². The molecule has 1 aliphatic carbocycles. The molecule has 3 aromatic carbocycles. The molecule has 8 nitrogen and oxygen atoms in total. The largest absolute Gasteiger partial charge is 0.491 e. The molecule has 41 heavy (non-hydrogen) atoms. The van der Waals surface area contributed by atoms with Gasteiger partial charge in [0.05, 0.1) is 17.2 Å². The van der Waals surface area contributed by atoms with Crippen molar-refractivity contribution >= 4 is 23.4 Å². The Bertz CT molecular complexity index is 1430. The van der Waals surface area contributed by atoms with Gasteiger partial charge in [0.15, 0.2) is 0 Å². The average Bonchev–Trinajstić information content (AvgIpc) is 2.94. The van der Waals surface area contributed by atoms with Crippen LogP contribution in [-0.4, -0.2) is 43.8 Å². The highest BCUT2D eigenvalue weighted by atomic mass is 35.5. The first-order valence-electron chi connectivity index (χ1n) is 13.3. The summed E-state index contributed by atoms with van der Waals surface area (Å²) in [4.78, 5) is 23.9. The maximum Gasteiger partial charge on any atom is 0.251 e. The standard InChI is InChI=1S/C32H34ClN3O5/c1-31(2)29(32(3,4)30(31)41-25-14-11-23(18-34)26(33)17-25)36-28(38)22-7-5-20(6-8-22)21-9-12-24(13-10-21)40-16-15-39-19-27(35)37/h5-14,17,29-30H,15-16,19H2,1-4H3,(H2,35,37)(H,36,38)/t29-,30-. The molecule has 0 aromatic heterocycles. The van der Waals surface area contributed by atoms with Gasteiger partial charge in [0, 0.05) is 28.5 Å². The fourth-order valence-electron chi connectivity index (χ4n) is 5.76. The van der Waals surface area contributed by atoms with Gasteiger partial charge in [0.25, 0.3) is 5.91 Å². The zero-order valence-electron chi connectivity index (χ0n) is 23.6. The van der Waals surface area contributed by atoms with E-state index in [4.69, 9.17) is 36.8 Å². The number of amides is 2. The van der Waals surface area contributed by atoms with Crippen molar-refractivity contribution in [1.82, 2.24) is 5.32 Å². The molecule has 0 aliphatic heterocycles. The van der Waals surface area contributed by atoms with E-state index >= 15 is 0 Å². The van der Waals surface area contributed by atoms with Gasteiger partial charge < -0.3 is 25.3 Å². The molecule has 2 amide bonds. The van der Waals surface area contributed by atoms with E-state index in [2.05, 4.69) is 39.1 Å². The van der Waals surface area contributed by atoms with Crippen LogP contribution >= 0.6 is 11.6 Å². The van der Waals surface area contributed by atoms with Crippen LogP contribution in [0.5, 0.6) is 11.5 Å². The van der Waals surface area contributed by atoms with Gasteiger partial charge in [0.1, 0.15) is 36.9 Å². The van der Waals surface area contributed by atoms with Gasteiger partial charge in [0.2, 0.25) is 5.91 Å². The molecule has 0 saturated heterocycles. The molecule has 0 bridgehead atoms. The van der Waals surface area contributed by atoms with Crippen molar-refractivity contribution in [3.05, 3.63) is 82.9 Å². The predicted octanol–water partition coefficient (Wildman–Crippen LogP) is 5.37. The molecule has 214 valence electrons. The molecule has 0 spiro atoms. The van der Waals surface area contributed by atoms with Gasteiger partial charge in [-0.3, -0.25) is 9.59 Å². The van der Waals surface area contributed by atoms with Crippen molar-refractivity contribution in [1.29, 1.82) is 5.26 Å². The fraction of sp³-hybridized carbons (Fsp3) is 0.344. The van der Waals surface area contributed by atoms with Crippen LogP contribution < -0.4 is 20.5 Å². The van der Waals surface area contributed by atoms with Crippen LogP contribution in [0, 0.1) is 22.2 Å². The number of hydrogen-bond donors (Lipinski definition) is 2. The Hall–Kier alpha value is -4.06. The summed E-state index contributed by atoms with van der Waals surface area (Å²) in [5, 5.41) is 12.7. The van der Waals surface area contributed by atoms with Crippen molar-refractivity contribution < 1.29 is 23.8 Å². The van der Waals surface area contributed by atoms with Crippen LogP contribution in [0.3, 0.4) is 0 Å². The van der Waals surface area contributed by atoms with Crippen molar-refractivity contribution in [3.63, 3.8) is 0 Å². The first-order valence-corrected chi connectivity index (χ1v) is 13.7. The lowest BCUT2D eigenvalue weighted by atomic mass is 9.49. The Labute approximate surface area is 245 Å². The lowest BCUT2D eigenvalue weighted by molar-refractivity contribution is -0.164. The average molecular weight is 576 g/mol. The van der Waals surface area contributed by atoms with Crippen LogP contribution in [0.2, 0.25) is 5.02 Å². The molecule has 0 atom stereocenters. The molecule has 0 heterocycles. The maximum atomic E-state index is 13.2. The van der Waals surface area contributed by atoms with E-state index in [-0.39, 0.29) is 42.1 Å². The van der Waals surface area contributed by atoms with Gasteiger partial charge in [-0.25, -0.2) is 0 Å². The summed E-state index contributed by atoms with van der Waals surface area (Å²) in [6.45, 7) is 8.74. The molecule has 0 radical (unpaired) electrons. The number of rotatable bonds is 11. The lowest BCUT2D eigenvalue weighted by Crippen LogP contribution is -2.74. The van der Waals surface area contributed by atoms with Crippen molar-refractivity contribution in [2.45, 2.75) is 39.8 Å². The third kappa shape index (κ3) is 6.64. The first-order chi connectivity index (χ1) is 19.4. The second-order valence-corrected chi connectivity index (χ2v) is 11.7. The second-order valence-electron chi connectivity index (χ2n) is 11.3. The summed E-state index contributed by atoms with van der Waals surface area (Å²) in [7, 11) is 0. The zero-order valence-corrected chi connectivity index (χ0v) is 24.3. The molecule has 1 fully saturated rings. The van der Waals surface area contributed by atoms with E-state index in [0.717, 1.165) is 11.1 Å². The Kier molecular flexibility index (Phi) is 8.91. The second kappa shape index (κ2) is 12.2. The van der Waals surface area contributed by atoms with Crippen molar-refractivity contribution in [2.75, 3.05) is 19.8 Å². The van der Waals surface area contributed by atoms with E-state index in [1.165, 1.54) is 0 Å². The third-order valence-corrected chi connectivity index (χ3v) is 7.82. The van der Waals surface area contributed by atoms with Crippen molar-refractivity contribution in [3.8, 4) is 28.7 Å². The quantitative estimate of drug-likeness (QED) is 0.296. The highest BCUT2D eigenvalue weighted by Crippen LogP contribution is 2.55. The van der Waals surface area contributed by atoms with E-state index in [1.54, 1.807) is 18.2 Å². The Morgan fingerprint density at radius 3 is 2.07 bits per heavy atom. The molecular formula is C32H34ClN3O5. The number of primary amides is 1. The number of halogens is 1. The number of benzene rings is 3. The minimum absolute atomic E-state index is 0.128. The van der Waals surface area contributed by atoms with E-state index in [1.807, 2.05) is 48.5 Å². The monoisotopic (exact) mass is 575 g/mol. The van der Waals surface area contributed by atoms with Crippen LogP contribution in [0.4, 0.5) is 0 Å².